The Labute approximate surface area is 268 Å². The predicted octanol–water partition coefficient (Wildman–Crippen LogP) is 6.14. The number of aromatic nitrogens is 3. The van der Waals surface area contributed by atoms with Gasteiger partial charge < -0.3 is 14.4 Å². The minimum Gasteiger partial charge on any atom is -0.461 e. The molecule has 0 radical (unpaired) electrons. The second kappa shape index (κ2) is 10.4. The van der Waals surface area contributed by atoms with Gasteiger partial charge in [0.1, 0.15) is 35.6 Å². The highest BCUT2D eigenvalue weighted by Gasteiger charge is 2.67. The van der Waals surface area contributed by atoms with E-state index in [2.05, 4.69) is 20.8 Å². The second-order valence-electron chi connectivity index (χ2n) is 13.6. The molecule has 5 fully saturated rings. The summed E-state index contributed by atoms with van der Waals surface area (Å²) in [5.74, 6) is 1.06. The molecule has 0 bridgehead atoms. The summed E-state index contributed by atoms with van der Waals surface area (Å²) in [5.41, 5.74) is 0.601. The predicted molar refractivity (Wildman–Crippen MR) is 168 cm³/mol. The molecule has 4 atom stereocenters. The van der Waals surface area contributed by atoms with E-state index in [4.69, 9.17) is 20.9 Å². The monoisotopic (exact) mass is 641 g/mol. The molecule has 0 amide bonds. The molecule has 3 aliphatic heterocycles. The first kappa shape index (κ1) is 28.9. The molecule has 7 nitrogen and oxygen atoms in total. The number of nitrogens with zero attached hydrogens (tertiary/aromatic N) is 5. The van der Waals surface area contributed by atoms with E-state index < -0.39 is 29.4 Å². The molecule has 0 N–H and O–H groups in total. The molecule has 240 valence electrons. The highest BCUT2D eigenvalue weighted by molar-refractivity contribution is 6.02. The molecule has 0 unspecified atom stereocenters. The average Bonchev–Trinajstić information content (AvgIpc) is 3.96. The number of halogens is 4. The number of pyridine rings is 1. The Hall–Kier alpha value is -4.27. The van der Waals surface area contributed by atoms with Crippen molar-refractivity contribution in [3.05, 3.63) is 65.6 Å². The largest absolute Gasteiger partial charge is 0.461 e. The van der Waals surface area contributed by atoms with Crippen LogP contribution in [0.4, 0.5) is 23.4 Å². The second-order valence-corrected chi connectivity index (χ2v) is 13.6. The minimum absolute atomic E-state index is 0.0118. The smallest absolute Gasteiger partial charge is 0.319 e. The molecule has 2 aromatic carbocycles. The summed E-state index contributed by atoms with van der Waals surface area (Å²) in [6.45, 7) is 2.61. The first-order valence-electron chi connectivity index (χ1n) is 16.1. The lowest BCUT2D eigenvalue weighted by molar-refractivity contribution is 0.0649. The first-order valence-corrected chi connectivity index (χ1v) is 16.1. The van der Waals surface area contributed by atoms with Gasteiger partial charge in [0, 0.05) is 36.2 Å². The van der Waals surface area contributed by atoms with Crippen LogP contribution in [0.2, 0.25) is 0 Å². The maximum atomic E-state index is 16.9. The Balaban J connectivity index is 1.19. The van der Waals surface area contributed by atoms with Crippen molar-refractivity contribution in [3.63, 3.8) is 0 Å². The van der Waals surface area contributed by atoms with Gasteiger partial charge in [-0.2, -0.15) is 9.97 Å². The summed E-state index contributed by atoms with van der Waals surface area (Å²) in [5, 5.41) is 1.30. The molecule has 2 aliphatic carbocycles. The first-order chi connectivity index (χ1) is 22.9. The van der Waals surface area contributed by atoms with Gasteiger partial charge in [-0.05, 0) is 54.7 Å². The number of benzene rings is 2. The van der Waals surface area contributed by atoms with Crippen LogP contribution >= 0.6 is 0 Å². The van der Waals surface area contributed by atoms with E-state index in [9.17, 15) is 8.78 Å². The van der Waals surface area contributed by atoms with Crippen LogP contribution in [0, 0.1) is 35.3 Å². The average molecular weight is 642 g/mol. The Morgan fingerprint density at radius 2 is 2.00 bits per heavy atom. The number of terminal acetylenes is 1. The Kier molecular flexibility index (Phi) is 6.38. The van der Waals surface area contributed by atoms with Gasteiger partial charge in [0.15, 0.2) is 5.82 Å². The third-order valence-electron chi connectivity index (χ3n) is 11.3. The van der Waals surface area contributed by atoms with Crippen LogP contribution < -0.4 is 9.64 Å². The van der Waals surface area contributed by atoms with E-state index in [1.807, 2.05) is 4.90 Å². The third-order valence-corrected chi connectivity index (χ3v) is 11.3. The highest BCUT2D eigenvalue weighted by Crippen LogP contribution is 2.66. The van der Waals surface area contributed by atoms with E-state index in [1.165, 1.54) is 12.3 Å². The topological polar surface area (TPSA) is 63.6 Å². The normalized spacial score (nSPS) is 28.4. The van der Waals surface area contributed by atoms with Gasteiger partial charge in [-0.3, -0.25) is 9.88 Å². The van der Waals surface area contributed by atoms with E-state index >= 15 is 8.78 Å². The van der Waals surface area contributed by atoms with E-state index in [1.54, 1.807) is 24.3 Å². The number of alkyl halides is 1. The van der Waals surface area contributed by atoms with Gasteiger partial charge in [0.05, 0.1) is 42.1 Å². The van der Waals surface area contributed by atoms with E-state index in [0.29, 0.717) is 66.6 Å². The van der Waals surface area contributed by atoms with Crippen molar-refractivity contribution in [2.45, 2.75) is 43.4 Å². The number of rotatable bonds is 5. The van der Waals surface area contributed by atoms with Crippen molar-refractivity contribution >= 4 is 27.5 Å². The van der Waals surface area contributed by atoms with E-state index in [0.717, 1.165) is 31.4 Å². The van der Waals surface area contributed by atoms with E-state index in [-0.39, 0.29) is 40.7 Å². The van der Waals surface area contributed by atoms with Crippen LogP contribution in [-0.4, -0.2) is 77.1 Å². The Bertz CT molecular complexity index is 2040. The molecular weight excluding hydrogens is 610 g/mol. The summed E-state index contributed by atoms with van der Waals surface area (Å²) >= 11 is 0. The van der Waals surface area contributed by atoms with Gasteiger partial charge in [0.25, 0.3) is 0 Å². The number of hydrogen-bond acceptors (Lipinski definition) is 7. The van der Waals surface area contributed by atoms with Crippen LogP contribution in [0.1, 0.15) is 31.2 Å². The number of hydrogen-bond donors (Lipinski definition) is 0. The zero-order valence-corrected chi connectivity index (χ0v) is 25.5. The molecule has 3 saturated heterocycles. The van der Waals surface area contributed by atoms with Gasteiger partial charge in [-0.25, -0.2) is 17.6 Å². The third kappa shape index (κ3) is 4.17. The van der Waals surface area contributed by atoms with Gasteiger partial charge in [-0.1, -0.05) is 30.2 Å². The lowest BCUT2D eigenvalue weighted by atomic mass is 9.80. The summed E-state index contributed by atoms with van der Waals surface area (Å²) in [6.07, 6.45) is 10.4. The van der Waals surface area contributed by atoms with Gasteiger partial charge in [0.2, 0.25) is 0 Å². The fourth-order valence-electron chi connectivity index (χ4n) is 8.63. The SMILES string of the molecule is C#Cc1c(F)ccc2cccc(-c3ncc4c(N5CCOC[C@H]6[C@H](F)[C@H]65)nc(OC[C@]56C/C(=C/F)CN5CCC65CC5)nc4c3F)c12. The standard InChI is InChI=1S/C36H31F4N5O2/c1-2-22-26(38)7-6-21-4-3-5-23(27(21)22)30-29(40)31-24(16-41-30)33(45-12-13-46-18-25-28(39)32(25)45)43-34(42-31)47-19-36-14-20(15-37)17-44(36)11-10-35(36)8-9-35/h1,3-7,15-16,25,28,32H,8-14,17-19H2/b20-15-/t25-,28-,32-,36-/m0/s1. The summed E-state index contributed by atoms with van der Waals surface area (Å²) < 4.78 is 72.5. The van der Waals surface area contributed by atoms with Crippen molar-refractivity contribution in [2.24, 2.45) is 11.3 Å². The van der Waals surface area contributed by atoms with Gasteiger partial charge >= 0.3 is 6.01 Å². The summed E-state index contributed by atoms with van der Waals surface area (Å²) in [6, 6.07) is 7.50. The lowest BCUT2D eigenvalue weighted by Gasteiger charge is -2.36. The van der Waals surface area contributed by atoms with Crippen molar-refractivity contribution in [1.29, 1.82) is 0 Å². The van der Waals surface area contributed by atoms with Crippen molar-refractivity contribution in [1.82, 2.24) is 19.9 Å². The quantitative estimate of drug-likeness (QED) is 0.192. The van der Waals surface area contributed by atoms with Gasteiger partial charge in [-0.15, -0.1) is 6.42 Å². The number of ether oxygens (including phenoxy) is 2. The Morgan fingerprint density at radius 1 is 1.13 bits per heavy atom. The van der Waals surface area contributed by atoms with Crippen LogP contribution in [0.3, 0.4) is 0 Å². The zero-order chi connectivity index (χ0) is 32.1. The fourth-order valence-corrected chi connectivity index (χ4v) is 8.63. The van der Waals surface area contributed by atoms with Crippen molar-refractivity contribution in [3.8, 4) is 29.6 Å². The molecule has 2 aromatic heterocycles. The summed E-state index contributed by atoms with van der Waals surface area (Å²) in [4.78, 5) is 18.0. The van der Waals surface area contributed by atoms with Crippen molar-refractivity contribution < 1.29 is 27.0 Å². The molecule has 1 spiro atoms. The maximum absolute atomic E-state index is 16.9. The summed E-state index contributed by atoms with van der Waals surface area (Å²) in [7, 11) is 0. The van der Waals surface area contributed by atoms with Crippen LogP contribution in [0.5, 0.6) is 6.01 Å². The van der Waals surface area contributed by atoms with Crippen LogP contribution in [-0.2, 0) is 4.74 Å². The minimum atomic E-state index is -1.11. The molecule has 9 rings (SSSR count). The number of anilines is 1. The van der Waals surface area contributed by atoms with Crippen LogP contribution in [0.15, 0.2) is 48.4 Å². The lowest BCUT2D eigenvalue weighted by Crippen LogP contribution is -2.49. The molecule has 5 aliphatic rings. The molecule has 5 heterocycles. The number of fused-ring (bicyclic) bond motifs is 5. The molecule has 2 saturated carbocycles. The molecule has 11 heteroatoms. The zero-order valence-electron chi connectivity index (χ0n) is 25.5. The fraction of sp³-hybridized carbons (Fsp3) is 0.417. The Morgan fingerprint density at radius 3 is 2.81 bits per heavy atom. The highest BCUT2D eigenvalue weighted by atomic mass is 19.1. The molecule has 47 heavy (non-hydrogen) atoms. The van der Waals surface area contributed by atoms with Crippen LogP contribution in [0.25, 0.3) is 32.9 Å². The van der Waals surface area contributed by atoms with Crippen molar-refractivity contribution in [2.75, 3.05) is 44.4 Å². The molecule has 4 aromatic rings. The maximum Gasteiger partial charge on any atom is 0.319 e. The molecular formula is C36H31F4N5O2.